The average Bonchev–Trinajstić information content (AvgIpc) is 2.27. The molecule has 0 aliphatic rings. The van der Waals surface area contributed by atoms with E-state index in [0.29, 0.717) is 6.92 Å². The average molecular weight is 252 g/mol. The van der Waals surface area contributed by atoms with E-state index in [-0.39, 0.29) is 16.5 Å². The Hall–Kier alpha value is -2.29. The Morgan fingerprint density at radius 2 is 2.06 bits per heavy atom. The molecule has 0 radical (unpaired) electrons. The summed E-state index contributed by atoms with van der Waals surface area (Å²) in [5.74, 6) is -4.18. The van der Waals surface area contributed by atoms with Crippen molar-refractivity contribution in [3.8, 4) is 6.07 Å². The summed E-state index contributed by atoms with van der Waals surface area (Å²) in [4.78, 5) is 13.7. The molecular formula is C12H7F3N2O. The second-order valence-corrected chi connectivity index (χ2v) is 3.90. The van der Waals surface area contributed by atoms with Gasteiger partial charge in [-0.05, 0) is 18.2 Å². The molecule has 0 saturated carbocycles. The zero-order valence-corrected chi connectivity index (χ0v) is 9.22. The molecule has 0 saturated heterocycles. The molecule has 0 aliphatic heterocycles. The third kappa shape index (κ3) is 1.84. The van der Waals surface area contributed by atoms with Gasteiger partial charge in [-0.1, -0.05) is 0 Å². The van der Waals surface area contributed by atoms with E-state index in [1.165, 1.54) is 6.07 Å². The molecule has 1 aromatic heterocycles. The van der Waals surface area contributed by atoms with Gasteiger partial charge < -0.3 is 4.98 Å². The molecule has 1 N–H and O–H groups in total. The van der Waals surface area contributed by atoms with Gasteiger partial charge in [-0.3, -0.25) is 4.79 Å². The molecule has 3 nitrogen and oxygen atoms in total. The van der Waals surface area contributed by atoms with Crippen LogP contribution >= 0.6 is 0 Å². The van der Waals surface area contributed by atoms with Crippen molar-refractivity contribution in [2.75, 3.05) is 0 Å². The lowest BCUT2D eigenvalue weighted by Gasteiger charge is -2.11. The maximum Gasteiger partial charge on any atom is 0.275 e. The SMILES string of the molecule is CC(F)(F)c1cc2c(C#N)c(F)ccc2[nH]c1=O. The zero-order chi connectivity index (χ0) is 13.5. The Balaban J connectivity index is 2.93. The van der Waals surface area contributed by atoms with Gasteiger partial charge in [0.15, 0.2) is 0 Å². The number of pyridine rings is 1. The number of hydrogen-bond acceptors (Lipinski definition) is 2. The van der Waals surface area contributed by atoms with Gasteiger partial charge in [-0.2, -0.15) is 5.26 Å². The van der Waals surface area contributed by atoms with E-state index in [0.717, 1.165) is 12.1 Å². The van der Waals surface area contributed by atoms with Crippen LogP contribution in [0, 0.1) is 17.1 Å². The number of halogens is 3. The first kappa shape index (κ1) is 12.2. The van der Waals surface area contributed by atoms with Gasteiger partial charge in [-0.15, -0.1) is 0 Å². The minimum absolute atomic E-state index is 0.0337. The molecule has 0 aliphatic carbocycles. The number of benzene rings is 1. The van der Waals surface area contributed by atoms with Crippen molar-refractivity contribution in [1.82, 2.24) is 4.98 Å². The number of alkyl halides is 2. The highest BCUT2D eigenvalue weighted by Gasteiger charge is 2.28. The number of aromatic amines is 1. The molecule has 2 aromatic rings. The lowest BCUT2D eigenvalue weighted by atomic mass is 10.0. The minimum Gasteiger partial charge on any atom is -0.321 e. The minimum atomic E-state index is -3.36. The monoisotopic (exact) mass is 252 g/mol. The first-order valence-electron chi connectivity index (χ1n) is 4.98. The predicted molar refractivity (Wildman–Crippen MR) is 58.8 cm³/mol. The largest absolute Gasteiger partial charge is 0.321 e. The summed E-state index contributed by atoms with van der Waals surface area (Å²) in [7, 11) is 0. The lowest BCUT2D eigenvalue weighted by molar-refractivity contribution is 0.0161. The van der Waals surface area contributed by atoms with Crippen molar-refractivity contribution in [2.45, 2.75) is 12.8 Å². The molecule has 18 heavy (non-hydrogen) atoms. The second kappa shape index (κ2) is 3.88. The van der Waals surface area contributed by atoms with Crippen LogP contribution in [-0.2, 0) is 5.92 Å². The van der Waals surface area contributed by atoms with Gasteiger partial charge in [-0.25, -0.2) is 13.2 Å². The summed E-state index contributed by atoms with van der Waals surface area (Å²) in [5.41, 5.74) is -1.97. The van der Waals surface area contributed by atoms with Crippen LogP contribution in [0.5, 0.6) is 0 Å². The van der Waals surface area contributed by atoms with Crippen molar-refractivity contribution < 1.29 is 13.2 Å². The summed E-state index contributed by atoms with van der Waals surface area (Å²) < 4.78 is 39.7. The van der Waals surface area contributed by atoms with Crippen molar-refractivity contribution in [3.63, 3.8) is 0 Å². The molecule has 1 aromatic carbocycles. The van der Waals surface area contributed by atoms with Crippen molar-refractivity contribution >= 4 is 10.9 Å². The van der Waals surface area contributed by atoms with E-state index in [9.17, 15) is 18.0 Å². The molecular weight excluding hydrogens is 245 g/mol. The molecule has 6 heteroatoms. The van der Waals surface area contributed by atoms with E-state index >= 15 is 0 Å². The molecule has 0 spiro atoms. The molecule has 1 heterocycles. The number of nitrogens with one attached hydrogen (secondary N) is 1. The van der Waals surface area contributed by atoms with Crippen molar-refractivity contribution in [1.29, 1.82) is 5.26 Å². The first-order chi connectivity index (χ1) is 8.34. The second-order valence-electron chi connectivity index (χ2n) is 3.90. The van der Waals surface area contributed by atoms with E-state index in [2.05, 4.69) is 4.98 Å². The highest BCUT2D eigenvalue weighted by molar-refractivity contribution is 5.85. The number of nitriles is 1. The topological polar surface area (TPSA) is 56.6 Å². The van der Waals surface area contributed by atoms with Gasteiger partial charge >= 0.3 is 0 Å². The smallest absolute Gasteiger partial charge is 0.275 e. The number of rotatable bonds is 1. The number of nitrogens with zero attached hydrogens (tertiary/aromatic N) is 1. The Morgan fingerprint density at radius 3 is 2.61 bits per heavy atom. The molecule has 0 unspecified atom stereocenters. The highest BCUT2D eigenvalue weighted by atomic mass is 19.3. The number of fused-ring (bicyclic) bond motifs is 1. The van der Waals surface area contributed by atoms with Crippen LogP contribution in [0.4, 0.5) is 13.2 Å². The van der Waals surface area contributed by atoms with E-state index in [1.807, 2.05) is 0 Å². The maximum atomic E-state index is 13.3. The van der Waals surface area contributed by atoms with Crippen LogP contribution in [0.15, 0.2) is 23.0 Å². The van der Waals surface area contributed by atoms with Crippen LogP contribution in [0.25, 0.3) is 10.9 Å². The Bertz CT molecular complexity index is 723. The van der Waals surface area contributed by atoms with E-state index < -0.39 is 22.9 Å². The predicted octanol–water partition coefficient (Wildman–Crippen LogP) is 2.65. The number of aromatic nitrogens is 1. The van der Waals surface area contributed by atoms with Crippen molar-refractivity contribution in [3.05, 3.63) is 45.5 Å². The number of hydrogen-bond donors (Lipinski definition) is 1. The Kier molecular flexibility index (Phi) is 2.62. The number of H-pyrrole nitrogens is 1. The summed E-state index contributed by atoms with van der Waals surface area (Å²) in [6.07, 6.45) is 0. The summed E-state index contributed by atoms with van der Waals surface area (Å²) in [6.45, 7) is 0.564. The van der Waals surface area contributed by atoms with Crippen LogP contribution in [-0.4, -0.2) is 4.98 Å². The van der Waals surface area contributed by atoms with Crippen LogP contribution in [0.2, 0.25) is 0 Å². The fourth-order valence-electron chi connectivity index (χ4n) is 1.69. The van der Waals surface area contributed by atoms with Gasteiger partial charge in [0.25, 0.3) is 11.5 Å². The van der Waals surface area contributed by atoms with Crippen molar-refractivity contribution in [2.24, 2.45) is 0 Å². The van der Waals surface area contributed by atoms with Gasteiger partial charge in [0, 0.05) is 17.8 Å². The van der Waals surface area contributed by atoms with Crippen LogP contribution in [0.3, 0.4) is 0 Å². The Morgan fingerprint density at radius 1 is 1.39 bits per heavy atom. The summed E-state index contributed by atoms with van der Waals surface area (Å²) in [6, 6.07) is 4.68. The quantitative estimate of drug-likeness (QED) is 0.848. The summed E-state index contributed by atoms with van der Waals surface area (Å²) in [5, 5.41) is 8.78. The molecule has 0 fully saturated rings. The zero-order valence-electron chi connectivity index (χ0n) is 9.22. The first-order valence-corrected chi connectivity index (χ1v) is 4.98. The molecule has 0 atom stereocenters. The van der Waals surface area contributed by atoms with Crippen LogP contribution in [0.1, 0.15) is 18.1 Å². The standard InChI is InChI=1S/C12H7F3N2O/c1-12(14,15)8-4-6-7(5-16)9(13)2-3-10(6)17-11(8)18/h2-4H,1H3,(H,17,18). The Labute approximate surface area is 99.5 Å². The molecule has 0 bridgehead atoms. The molecule has 0 amide bonds. The highest BCUT2D eigenvalue weighted by Crippen LogP contribution is 2.27. The normalized spacial score (nSPS) is 11.5. The van der Waals surface area contributed by atoms with E-state index in [4.69, 9.17) is 5.26 Å². The third-order valence-electron chi connectivity index (χ3n) is 2.56. The molecule has 2 rings (SSSR count). The lowest BCUT2D eigenvalue weighted by Crippen LogP contribution is -2.22. The summed E-state index contributed by atoms with van der Waals surface area (Å²) >= 11 is 0. The molecule has 92 valence electrons. The fraction of sp³-hybridized carbons (Fsp3) is 0.167. The van der Waals surface area contributed by atoms with Gasteiger partial charge in [0.05, 0.1) is 11.1 Å². The third-order valence-corrected chi connectivity index (χ3v) is 2.56. The van der Waals surface area contributed by atoms with E-state index in [1.54, 1.807) is 6.07 Å². The van der Waals surface area contributed by atoms with Gasteiger partial charge in [0.2, 0.25) is 0 Å². The van der Waals surface area contributed by atoms with Crippen LogP contribution < -0.4 is 5.56 Å². The van der Waals surface area contributed by atoms with Gasteiger partial charge in [0.1, 0.15) is 11.9 Å². The fourth-order valence-corrected chi connectivity index (χ4v) is 1.69. The maximum absolute atomic E-state index is 13.3.